The summed E-state index contributed by atoms with van der Waals surface area (Å²) in [5.41, 5.74) is 1.82. The van der Waals surface area contributed by atoms with Gasteiger partial charge in [0, 0.05) is 75.1 Å². The number of pyridine rings is 1. The number of anilines is 3. The number of ketones is 1. The smallest absolute Gasteiger partial charge is 0.263 e. The van der Waals surface area contributed by atoms with Crippen LogP contribution < -0.4 is 20.5 Å². The number of nitrogens with one attached hydrogen (secondary N) is 1. The molecule has 2 saturated heterocycles. The minimum absolute atomic E-state index is 0.0280. The van der Waals surface area contributed by atoms with Crippen molar-refractivity contribution in [1.29, 1.82) is 0 Å². The Morgan fingerprint density at radius 3 is 2.53 bits per heavy atom. The third kappa shape index (κ3) is 4.72. The molecule has 43 heavy (non-hydrogen) atoms. The van der Waals surface area contributed by atoms with Crippen molar-refractivity contribution in [2.45, 2.75) is 64.6 Å². The Morgan fingerprint density at radius 2 is 1.81 bits per heavy atom. The quantitative estimate of drug-likeness (QED) is 0.448. The lowest BCUT2D eigenvalue weighted by atomic mass is 10.0. The largest absolute Gasteiger partial charge is 0.489 e. The van der Waals surface area contributed by atoms with E-state index >= 15 is 4.39 Å². The molecule has 0 bridgehead atoms. The first-order chi connectivity index (χ1) is 20.7. The maximum absolute atomic E-state index is 15.7. The van der Waals surface area contributed by atoms with Crippen LogP contribution in [0.15, 0.2) is 23.1 Å². The molecule has 0 radical (unpaired) electrons. The number of hydrogen-bond donors (Lipinski definition) is 1. The lowest BCUT2D eigenvalue weighted by molar-refractivity contribution is -0.136. The highest BCUT2D eigenvalue weighted by Crippen LogP contribution is 2.41. The second kappa shape index (κ2) is 10.6. The number of likely N-dealkylation sites (tertiary alicyclic amines) is 1. The van der Waals surface area contributed by atoms with Crippen molar-refractivity contribution in [2.24, 2.45) is 0 Å². The van der Waals surface area contributed by atoms with Crippen LogP contribution in [-0.2, 0) is 4.79 Å². The number of carbonyl (C=O) groups excluding carboxylic acids is 2. The van der Waals surface area contributed by atoms with Gasteiger partial charge in [-0.05, 0) is 38.3 Å². The van der Waals surface area contributed by atoms with Gasteiger partial charge in [0.1, 0.15) is 23.7 Å². The minimum Gasteiger partial charge on any atom is -0.489 e. The van der Waals surface area contributed by atoms with Gasteiger partial charge in [0.05, 0.1) is 11.6 Å². The summed E-state index contributed by atoms with van der Waals surface area (Å²) >= 11 is 0. The molecule has 1 saturated carbocycles. The molecule has 1 atom stereocenters. The van der Waals surface area contributed by atoms with E-state index in [0.29, 0.717) is 52.9 Å². The predicted octanol–water partition coefficient (Wildman–Crippen LogP) is 3.41. The lowest BCUT2D eigenvalue weighted by Gasteiger charge is -2.51. The van der Waals surface area contributed by atoms with E-state index in [-0.39, 0.29) is 40.8 Å². The van der Waals surface area contributed by atoms with Crippen molar-refractivity contribution < 1.29 is 18.7 Å². The molecule has 1 amide bonds. The average Bonchev–Trinajstić information content (AvgIpc) is 3.46. The summed E-state index contributed by atoms with van der Waals surface area (Å²) in [5.74, 6) is 0.134. The monoisotopic (exact) mass is 589 g/mol. The first-order valence-corrected chi connectivity index (χ1v) is 15.1. The number of piperazine rings is 1. The number of nitrogens with zero attached hydrogens (tertiary/aromatic N) is 6. The Bertz CT molecular complexity index is 1700. The predicted molar refractivity (Wildman–Crippen MR) is 160 cm³/mol. The molecule has 11 nitrogen and oxygen atoms in total. The Morgan fingerprint density at radius 1 is 1.05 bits per heavy atom. The summed E-state index contributed by atoms with van der Waals surface area (Å²) in [4.78, 5) is 53.0. The third-order valence-corrected chi connectivity index (χ3v) is 9.59. The van der Waals surface area contributed by atoms with Gasteiger partial charge in [0.15, 0.2) is 11.6 Å². The molecule has 1 aromatic carbocycles. The molecule has 7 rings (SSSR count). The molecule has 0 spiro atoms. The number of amides is 1. The van der Waals surface area contributed by atoms with Gasteiger partial charge in [0.25, 0.3) is 5.56 Å². The number of carbonyl (C=O) groups is 2. The van der Waals surface area contributed by atoms with Gasteiger partial charge in [-0.25, -0.2) is 9.37 Å². The molecular weight excluding hydrogens is 553 g/mol. The first-order valence-electron chi connectivity index (χ1n) is 15.1. The van der Waals surface area contributed by atoms with E-state index in [4.69, 9.17) is 9.72 Å². The van der Waals surface area contributed by atoms with E-state index in [9.17, 15) is 14.4 Å². The molecule has 5 heterocycles. The summed E-state index contributed by atoms with van der Waals surface area (Å²) < 4.78 is 23.4. The van der Waals surface area contributed by atoms with Crippen LogP contribution in [0.1, 0.15) is 61.5 Å². The highest BCUT2D eigenvalue weighted by molar-refractivity contribution is 5.99. The molecule has 0 unspecified atom stereocenters. The van der Waals surface area contributed by atoms with Gasteiger partial charge in [0.2, 0.25) is 11.9 Å². The van der Waals surface area contributed by atoms with E-state index in [1.54, 1.807) is 30.7 Å². The molecule has 1 aliphatic carbocycles. The zero-order valence-corrected chi connectivity index (χ0v) is 24.7. The Labute approximate surface area is 248 Å². The Hall–Kier alpha value is -4.06. The lowest BCUT2D eigenvalue weighted by Crippen LogP contribution is -2.67. The van der Waals surface area contributed by atoms with Gasteiger partial charge in [-0.2, -0.15) is 4.98 Å². The van der Waals surface area contributed by atoms with Gasteiger partial charge in [-0.3, -0.25) is 23.9 Å². The fourth-order valence-corrected chi connectivity index (χ4v) is 7.25. The molecule has 3 fully saturated rings. The van der Waals surface area contributed by atoms with Crippen LogP contribution >= 0.6 is 0 Å². The molecule has 3 aromatic rings. The summed E-state index contributed by atoms with van der Waals surface area (Å²) in [5, 5.41) is 3.78. The number of aryl methyl sites for hydroxylation is 1. The summed E-state index contributed by atoms with van der Waals surface area (Å²) in [7, 11) is 0. The highest BCUT2D eigenvalue weighted by atomic mass is 19.1. The van der Waals surface area contributed by atoms with E-state index in [1.807, 2.05) is 4.90 Å². The maximum atomic E-state index is 15.7. The van der Waals surface area contributed by atoms with Gasteiger partial charge < -0.3 is 19.9 Å². The molecule has 4 aliphatic rings. The van der Waals surface area contributed by atoms with Crippen LogP contribution in [-0.4, -0.2) is 87.4 Å². The van der Waals surface area contributed by atoms with Crippen LogP contribution in [0.25, 0.3) is 11.0 Å². The number of fused-ring (bicyclic) bond motifs is 4. The van der Waals surface area contributed by atoms with E-state index in [0.717, 1.165) is 51.9 Å². The van der Waals surface area contributed by atoms with Gasteiger partial charge >= 0.3 is 0 Å². The Kier molecular flexibility index (Phi) is 6.83. The molecule has 1 N–H and O–H groups in total. The molecule has 226 valence electrons. The Balaban J connectivity index is 1.15. The van der Waals surface area contributed by atoms with Crippen LogP contribution in [0.2, 0.25) is 0 Å². The second-order valence-electron chi connectivity index (χ2n) is 12.3. The fraction of sp³-hybridized carbons (Fsp3) is 0.516. The molecular formula is C31H36FN7O4. The van der Waals surface area contributed by atoms with Crippen molar-refractivity contribution in [3.63, 3.8) is 0 Å². The third-order valence-electron chi connectivity index (χ3n) is 9.59. The number of ether oxygens (including phenoxy) is 1. The summed E-state index contributed by atoms with van der Waals surface area (Å²) in [6.07, 6.45) is 5.36. The minimum atomic E-state index is -0.393. The van der Waals surface area contributed by atoms with E-state index < -0.39 is 5.82 Å². The maximum Gasteiger partial charge on any atom is 0.263 e. The zero-order valence-electron chi connectivity index (χ0n) is 24.7. The number of benzene rings is 1. The number of rotatable bonds is 5. The summed E-state index contributed by atoms with van der Waals surface area (Å²) in [6.45, 7) is 8.92. The average molecular weight is 590 g/mol. The van der Waals surface area contributed by atoms with Crippen LogP contribution in [0.3, 0.4) is 0 Å². The van der Waals surface area contributed by atoms with Crippen molar-refractivity contribution in [3.8, 4) is 5.75 Å². The second-order valence-corrected chi connectivity index (χ2v) is 12.3. The van der Waals surface area contributed by atoms with Crippen molar-refractivity contribution >= 4 is 40.0 Å². The van der Waals surface area contributed by atoms with Crippen LogP contribution in [0.4, 0.5) is 21.7 Å². The number of aromatic nitrogens is 3. The SMILES string of the molecule is CC(=O)c1c(C)c2cnc(Nc3cc(F)c4c(c3)OC[C@H]3CN(C5CN(C(C)=O)C5)CCN43)nc2n(C2CCCC2)c1=O. The highest BCUT2D eigenvalue weighted by Gasteiger charge is 2.40. The zero-order chi connectivity index (χ0) is 30.0. The number of hydrogen-bond acceptors (Lipinski definition) is 9. The van der Waals surface area contributed by atoms with E-state index in [2.05, 4.69) is 20.1 Å². The normalized spacial score (nSPS) is 20.9. The number of Topliss-reactive ketones (excluding diaryl/α,β-unsaturated/α-hetero) is 1. The molecule has 3 aliphatic heterocycles. The number of halogens is 1. The topological polar surface area (TPSA) is 113 Å². The first kappa shape index (κ1) is 27.8. The van der Waals surface area contributed by atoms with Gasteiger partial charge in [-0.15, -0.1) is 0 Å². The van der Waals surface area contributed by atoms with E-state index in [1.165, 1.54) is 13.0 Å². The van der Waals surface area contributed by atoms with Crippen molar-refractivity contribution in [3.05, 3.63) is 45.6 Å². The van der Waals surface area contributed by atoms with Crippen molar-refractivity contribution in [1.82, 2.24) is 24.3 Å². The van der Waals surface area contributed by atoms with Gasteiger partial charge in [-0.1, -0.05) is 12.8 Å². The summed E-state index contributed by atoms with van der Waals surface area (Å²) in [6, 6.07) is 3.53. The van der Waals surface area contributed by atoms with Crippen molar-refractivity contribution in [2.75, 3.05) is 49.5 Å². The fourth-order valence-electron chi connectivity index (χ4n) is 7.25. The van der Waals surface area contributed by atoms with Crippen LogP contribution in [0.5, 0.6) is 5.75 Å². The molecule has 12 heteroatoms. The van der Waals surface area contributed by atoms with Crippen LogP contribution in [0, 0.1) is 12.7 Å². The standard InChI is InChI=1S/C31H36FN7O4/c1-17-24-12-33-31(35-29(24)39(21-6-4-5-7-21)30(42)27(17)18(2)40)34-20-10-25(32)28-26(11-20)43-16-23-15-36(8-9-38(23)28)22-13-37(14-22)19(3)41/h10-12,21-23H,4-9,13-16H2,1-3H3,(H,33,34,35)/t23-/m1/s1. The molecule has 2 aromatic heterocycles.